The molecule has 0 saturated carbocycles. The van der Waals surface area contributed by atoms with Crippen LogP contribution in [0.4, 0.5) is 5.69 Å². The van der Waals surface area contributed by atoms with Gasteiger partial charge in [0.2, 0.25) is 0 Å². The number of fused-ring (bicyclic) bond motifs is 1. The Kier molecular flexibility index (Phi) is 4.65. The second-order valence-corrected chi connectivity index (χ2v) is 5.33. The summed E-state index contributed by atoms with van der Waals surface area (Å²) in [6, 6.07) is 6.15. The van der Waals surface area contributed by atoms with Crippen LogP contribution in [0.15, 0.2) is 30.6 Å². The van der Waals surface area contributed by atoms with E-state index in [0.29, 0.717) is 5.56 Å². The number of hydrogen-bond acceptors (Lipinski definition) is 3. The molecule has 1 amide bonds. The van der Waals surface area contributed by atoms with E-state index in [2.05, 4.69) is 34.5 Å². The van der Waals surface area contributed by atoms with Gasteiger partial charge in [-0.3, -0.25) is 9.48 Å². The van der Waals surface area contributed by atoms with E-state index >= 15 is 0 Å². The Morgan fingerprint density at radius 1 is 1.29 bits per heavy atom. The molecule has 2 heterocycles. The smallest absolute Gasteiger partial charge is 0.258 e. The first-order valence-corrected chi connectivity index (χ1v) is 6.72. The molecule has 0 aliphatic carbocycles. The lowest BCUT2D eigenvalue weighted by Crippen LogP contribution is -2.26. The quantitative estimate of drug-likeness (QED) is 0.924. The Hall–Kier alpha value is -1.85. The van der Waals surface area contributed by atoms with Crippen molar-refractivity contribution in [1.82, 2.24) is 14.7 Å². The van der Waals surface area contributed by atoms with Gasteiger partial charge in [0.1, 0.15) is 0 Å². The molecule has 0 spiro atoms. The van der Waals surface area contributed by atoms with E-state index in [1.165, 1.54) is 11.1 Å². The largest absolute Gasteiger partial charge is 0.322 e. The Morgan fingerprint density at radius 3 is 2.81 bits per heavy atom. The number of aryl methyl sites for hydroxylation is 1. The molecule has 21 heavy (non-hydrogen) atoms. The molecule has 1 aliphatic rings. The van der Waals surface area contributed by atoms with Gasteiger partial charge in [-0.05, 0) is 36.7 Å². The number of amides is 1. The van der Waals surface area contributed by atoms with Gasteiger partial charge in [0, 0.05) is 32.0 Å². The third kappa shape index (κ3) is 3.43. The SMILES string of the molecule is CN1CCc2ccc(NC(=O)c3cnn(C)c3)cc2C1.Cl. The fourth-order valence-corrected chi connectivity index (χ4v) is 2.52. The molecule has 3 rings (SSSR count). The Labute approximate surface area is 130 Å². The highest BCUT2D eigenvalue weighted by atomic mass is 35.5. The number of carbonyl (C=O) groups is 1. The maximum atomic E-state index is 12.1. The van der Waals surface area contributed by atoms with Crippen molar-refractivity contribution in [3.05, 3.63) is 47.3 Å². The zero-order valence-corrected chi connectivity index (χ0v) is 13.0. The van der Waals surface area contributed by atoms with Gasteiger partial charge in [-0.1, -0.05) is 6.07 Å². The Morgan fingerprint density at radius 2 is 2.10 bits per heavy atom. The lowest BCUT2D eigenvalue weighted by molar-refractivity contribution is 0.102. The monoisotopic (exact) mass is 306 g/mol. The molecule has 0 bridgehead atoms. The number of benzene rings is 1. The van der Waals surface area contributed by atoms with Crippen LogP contribution >= 0.6 is 12.4 Å². The van der Waals surface area contributed by atoms with Crippen LogP contribution in [0.5, 0.6) is 0 Å². The molecular formula is C15H19ClN4O. The van der Waals surface area contributed by atoms with Gasteiger partial charge in [-0.2, -0.15) is 5.10 Å². The maximum Gasteiger partial charge on any atom is 0.258 e. The van der Waals surface area contributed by atoms with Crippen LogP contribution in [0.2, 0.25) is 0 Å². The molecule has 0 fully saturated rings. The van der Waals surface area contributed by atoms with Crippen LogP contribution in [-0.4, -0.2) is 34.2 Å². The van der Waals surface area contributed by atoms with Gasteiger partial charge < -0.3 is 10.2 Å². The van der Waals surface area contributed by atoms with Crippen LogP contribution in [0.25, 0.3) is 0 Å². The summed E-state index contributed by atoms with van der Waals surface area (Å²) in [7, 11) is 3.91. The second-order valence-electron chi connectivity index (χ2n) is 5.33. The number of nitrogens with one attached hydrogen (secondary N) is 1. The zero-order chi connectivity index (χ0) is 14.1. The molecule has 6 heteroatoms. The van der Waals surface area contributed by atoms with Gasteiger partial charge >= 0.3 is 0 Å². The van der Waals surface area contributed by atoms with Gasteiger partial charge in [0.25, 0.3) is 5.91 Å². The molecular weight excluding hydrogens is 288 g/mol. The summed E-state index contributed by atoms with van der Waals surface area (Å²) in [6.07, 6.45) is 4.35. The van der Waals surface area contributed by atoms with E-state index < -0.39 is 0 Å². The summed E-state index contributed by atoms with van der Waals surface area (Å²) in [5, 5.41) is 6.93. The van der Waals surface area contributed by atoms with Crippen molar-refractivity contribution < 1.29 is 4.79 Å². The van der Waals surface area contributed by atoms with Crippen LogP contribution in [-0.2, 0) is 20.0 Å². The van der Waals surface area contributed by atoms with Crippen LogP contribution < -0.4 is 5.32 Å². The van der Waals surface area contributed by atoms with Crippen molar-refractivity contribution >= 4 is 24.0 Å². The molecule has 0 saturated heterocycles. The number of anilines is 1. The Bertz CT molecular complexity index is 653. The van der Waals surface area contributed by atoms with Gasteiger partial charge in [-0.15, -0.1) is 12.4 Å². The van der Waals surface area contributed by atoms with Crippen LogP contribution in [0, 0.1) is 0 Å². The van der Waals surface area contributed by atoms with E-state index in [-0.39, 0.29) is 18.3 Å². The average molecular weight is 307 g/mol. The number of nitrogens with zero attached hydrogens (tertiary/aromatic N) is 3. The van der Waals surface area contributed by atoms with Crippen molar-refractivity contribution in [1.29, 1.82) is 0 Å². The Balaban J connectivity index is 0.00000161. The first-order chi connectivity index (χ1) is 9.61. The first kappa shape index (κ1) is 15.5. The highest BCUT2D eigenvalue weighted by molar-refractivity contribution is 6.03. The predicted octanol–water partition coefficient (Wildman–Crippen LogP) is 2.08. The zero-order valence-electron chi connectivity index (χ0n) is 12.2. The molecule has 1 aromatic heterocycles. The fraction of sp³-hybridized carbons (Fsp3) is 0.333. The predicted molar refractivity (Wildman–Crippen MR) is 84.9 cm³/mol. The molecule has 0 unspecified atom stereocenters. The van der Waals surface area contributed by atoms with E-state index in [9.17, 15) is 4.79 Å². The third-order valence-corrected chi connectivity index (χ3v) is 3.63. The molecule has 2 aromatic rings. The van der Waals surface area contributed by atoms with Crippen molar-refractivity contribution in [3.8, 4) is 0 Å². The summed E-state index contributed by atoms with van der Waals surface area (Å²) in [5.41, 5.74) is 4.08. The molecule has 5 nitrogen and oxygen atoms in total. The average Bonchev–Trinajstić information content (AvgIpc) is 2.85. The number of carbonyl (C=O) groups excluding carboxylic acids is 1. The minimum atomic E-state index is -0.123. The standard InChI is InChI=1S/C15H18N4O.ClH/c1-18-6-5-11-3-4-14(7-12(11)9-18)17-15(20)13-8-16-19(2)10-13;/h3-4,7-8,10H,5-6,9H2,1-2H3,(H,17,20);1H. The number of rotatable bonds is 2. The third-order valence-electron chi connectivity index (χ3n) is 3.63. The van der Waals surface area contributed by atoms with Crippen molar-refractivity contribution in [2.24, 2.45) is 7.05 Å². The molecule has 1 aliphatic heterocycles. The van der Waals surface area contributed by atoms with Gasteiger partial charge in [0.05, 0.1) is 11.8 Å². The number of aromatic nitrogens is 2. The minimum Gasteiger partial charge on any atom is -0.322 e. The van der Waals surface area contributed by atoms with E-state index in [1.54, 1.807) is 24.1 Å². The molecule has 0 atom stereocenters. The molecule has 0 radical (unpaired) electrons. The number of hydrogen-bond donors (Lipinski definition) is 1. The highest BCUT2D eigenvalue weighted by Gasteiger charge is 2.14. The van der Waals surface area contributed by atoms with Crippen molar-refractivity contribution in [2.45, 2.75) is 13.0 Å². The van der Waals surface area contributed by atoms with E-state index in [4.69, 9.17) is 0 Å². The van der Waals surface area contributed by atoms with E-state index in [0.717, 1.165) is 25.2 Å². The van der Waals surface area contributed by atoms with E-state index in [1.807, 2.05) is 6.07 Å². The minimum absolute atomic E-state index is 0. The lowest BCUT2D eigenvalue weighted by atomic mass is 9.99. The van der Waals surface area contributed by atoms with Crippen LogP contribution in [0.3, 0.4) is 0 Å². The maximum absolute atomic E-state index is 12.1. The van der Waals surface area contributed by atoms with Crippen molar-refractivity contribution in [2.75, 3.05) is 18.9 Å². The summed E-state index contributed by atoms with van der Waals surface area (Å²) in [5.74, 6) is -0.123. The second kappa shape index (κ2) is 6.28. The van der Waals surface area contributed by atoms with Gasteiger partial charge in [-0.25, -0.2) is 0 Å². The normalized spacial score (nSPS) is 14.2. The molecule has 112 valence electrons. The fourth-order valence-electron chi connectivity index (χ4n) is 2.52. The summed E-state index contributed by atoms with van der Waals surface area (Å²) in [4.78, 5) is 14.4. The molecule has 1 N–H and O–H groups in total. The van der Waals surface area contributed by atoms with Crippen LogP contribution in [0.1, 0.15) is 21.5 Å². The first-order valence-electron chi connectivity index (χ1n) is 6.72. The topological polar surface area (TPSA) is 50.2 Å². The lowest BCUT2D eigenvalue weighted by Gasteiger charge is -2.25. The summed E-state index contributed by atoms with van der Waals surface area (Å²) >= 11 is 0. The van der Waals surface area contributed by atoms with Gasteiger partial charge in [0.15, 0.2) is 0 Å². The highest BCUT2D eigenvalue weighted by Crippen LogP contribution is 2.22. The number of halogens is 1. The van der Waals surface area contributed by atoms with Crippen molar-refractivity contribution in [3.63, 3.8) is 0 Å². The summed E-state index contributed by atoms with van der Waals surface area (Å²) in [6.45, 7) is 2.03. The number of likely N-dealkylation sites (N-methyl/N-ethyl adjacent to an activating group) is 1. The molecule has 1 aromatic carbocycles. The summed E-state index contributed by atoms with van der Waals surface area (Å²) < 4.78 is 1.62.